The van der Waals surface area contributed by atoms with Crippen LogP contribution in [0.4, 0.5) is 4.39 Å². The van der Waals surface area contributed by atoms with Crippen molar-refractivity contribution >= 4 is 0 Å². The zero-order valence-electron chi connectivity index (χ0n) is 10.5. The number of benzene rings is 1. The third-order valence-electron chi connectivity index (χ3n) is 2.22. The van der Waals surface area contributed by atoms with Crippen molar-refractivity contribution in [3.8, 4) is 5.75 Å². The van der Waals surface area contributed by atoms with Gasteiger partial charge in [0.2, 0.25) is 0 Å². The van der Waals surface area contributed by atoms with Crippen LogP contribution >= 0.6 is 0 Å². The summed E-state index contributed by atoms with van der Waals surface area (Å²) < 4.78 is 29.2. The van der Waals surface area contributed by atoms with E-state index in [9.17, 15) is 4.39 Å². The van der Waals surface area contributed by atoms with Crippen molar-refractivity contribution in [2.45, 2.75) is 27.1 Å². The molecule has 0 spiro atoms. The summed E-state index contributed by atoms with van der Waals surface area (Å²) in [6.45, 7) is 6.92. The predicted octanol–water partition coefficient (Wildman–Crippen LogP) is 2.91. The summed E-state index contributed by atoms with van der Waals surface area (Å²) in [7, 11) is 0. The van der Waals surface area contributed by atoms with Crippen LogP contribution in [0.15, 0.2) is 18.2 Å². The van der Waals surface area contributed by atoms with Crippen molar-refractivity contribution < 1.29 is 18.6 Å². The van der Waals surface area contributed by atoms with E-state index in [0.717, 1.165) is 0 Å². The van der Waals surface area contributed by atoms with Gasteiger partial charge in [-0.15, -0.1) is 0 Å². The Balaban J connectivity index is 2.49. The fourth-order valence-electron chi connectivity index (χ4n) is 1.39. The minimum absolute atomic E-state index is 0.233. The van der Waals surface area contributed by atoms with Crippen molar-refractivity contribution in [1.82, 2.24) is 0 Å². The molecule has 0 radical (unpaired) electrons. The smallest absolute Gasteiger partial charge is 0.191 e. The molecule has 1 rings (SSSR count). The standard InChI is InChI=1S/C13H19FO3/c1-4-15-13(16-5-2)9-17-11-6-7-12(14)10(3)8-11/h6-8,13H,4-5,9H2,1-3H3. The summed E-state index contributed by atoms with van der Waals surface area (Å²) in [6, 6.07) is 4.64. The molecule has 0 amide bonds. The Kier molecular flexibility index (Phi) is 5.94. The SMILES string of the molecule is CCOC(COc1ccc(F)c(C)c1)OCC. The summed E-state index contributed by atoms with van der Waals surface area (Å²) in [5.41, 5.74) is 0.562. The first kappa shape index (κ1) is 13.9. The molecule has 96 valence electrons. The highest BCUT2D eigenvalue weighted by Gasteiger charge is 2.09. The molecule has 0 bridgehead atoms. The second kappa shape index (κ2) is 7.25. The lowest BCUT2D eigenvalue weighted by atomic mass is 10.2. The number of aryl methyl sites for hydroxylation is 1. The summed E-state index contributed by atoms with van der Waals surface area (Å²) in [4.78, 5) is 0. The van der Waals surface area contributed by atoms with Crippen molar-refractivity contribution in [2.75, 3.05) is 19.8 Å². The Morgan fingerprint density at radius 3 is 2.35 bits per heavy atom. The Hall–Kier alpha value is -1.13. The molecule has 0 atom stereocenters. The third kappa shape index (κ3) is 4.71. The number of ether oxygens (including phenoxy) is 3. The fraction of sp³-hybridized carbons (Fsp3) is 0.538. The molecular weight excluding hydrogens is 223 g/mol. The summed E-state index contributed by atoms with van der Waals surface area (Å²) in [5, 5.41) is 0. The summed E-state index contributed by atoms with van der Waals surface area (Å²) in [5.74, 6) is 0.386. The Bertz CT molecular complexity index is 335. The average Bonchev–Trinajstić information content (AvgIpc) is 2.31. The molecule has 0 fully saturated rings. The molecule has 1 aromatic rings. The van der Waals surface area contributed by atoms with E-state index in [-0.39, 0.29) is 12.1 Å². The summed E-state index contributed by atoms with van der Waals surface area (Å²) in [6.07, 6.45) is -0.379. The zero-order valence-corrected chi connectivity index (χ0v) is 10.5. The molecule has 3 nitrogen and oxygen atoms in total. The first-order valence-electron chi connectivity index (χ1n) is 5.79. The van der Waals surface area contributed by atoms with Gasteiger partial charge < -0.3 is 14.2 Å². The van der Waals surface area contributed by atoms with Crippen molar-refractivity contribution in [2.24, 2.45) is 0 Å². The second-order valence-corrected chi connectivity index (χ2v) is 3.56. The van der Waals surface area contributed by atoms with Crippen LogP contribution in [0.3, 0.4) is 0 Å². The Morgan fingerprint density at radius 2 is 1.82 bits per heavy atom. The van der Waals surface area contributed by atoms with E-state index >= 15 is 0 Å². The van der Waals surface area contributed by atoms with E-state index in [0.29, 0.717) is 31.1 Å². The average molecular weight is 242 g/mol. The highest BCUT2D eigenvalue weighted by molar-refractivity contribution is 5.28. The Labute approximate surface area is 101 Å². The quantitative estimate of drug-likeness (QED) is 0.688. The molecule has 0 aromatic heterocycles. The van der Waals surface area contributed by atoms with Crippen molar-refractivity contribution in [1.29, 1.82) is 0 Å². The maximum absolute atomic E-state index is 13.0. The molecule has 0 saturated heterocycles. The number of halogens is 1. The normalized spacial score (nSPS) is 10.9. The lowest BCUT2D eigenvalue weighted by molar-refractivity contribution is -0.152. The van der Waals surface area contributed by atoms with Gasteiger partial charge in [0.1, 0.15) is 18.2 Å². The van der Waals surface area contributed by atoms with Crippen LogP contribution in [0, 0.1) is 12.7 Å². The van der Waals surface area contributed by atoms with Gasteiger partial charge in [-0.3, -0.25) is 0 Å². The van der Waals surface area contributed by atoms with E-state index in [1.54, 1.807) is 19.1 Å². The van der Waals surface area contributed by atoms with E-state index in [4.69, 9.17) is 14.2 Å². The van der Waals surface area contributed by atoms with Gasteiger partial charge in [0.05, 0.1) is 0 Å². The molecular formula is C13H19FO3. The minimum Gasteiger partial charge on any atom is -0.488 e. The Morgan fingerprint density at radius 1 is 1.18 bits per heavy atom. The lowest BCUT2D eigenvalue weighted by Gasteiger charge is -2.17. The molecule has 1 aromatic carbocycles. The molecule has 4 heteroatoms. The van der Waals surface area contributed by atoms with Crippen LogP contribution in [-0.2, 0) is 9.47 Å². The highest BCUT2D eigenvalue weighted by atomic mass is 19.1. The molecule has 0 aliphatic heterocycles. The van der Waals surface area contributed by atoms with Crippen LogP contribution in [0.25, 0.3) is 0 Å². The maximum atomic E-state index is 13.0. The van der Waals surface area contributed by atoms with Crippen LogP contribution in [0.2, 0.25) is 0 Å². The van der Waals surface area contributed by atoms with Crippen molar-refractivity contribution in [3.63, 3.8) is 0 Å². The predicted molar refractivity (Wildman–Crippen MR) is 63.7 cm³/mol. The topological polar surface area (TPSA) is 27.7 Å². The van der Waals surface area contributed by atoms with Gasteiger partial charge in [0.25, 0.3) is 0 Å². The number of hydrogen-bond acceptors (Lipinski definition) is 3. The molecule has 0 heterocycles. The number of rotatable bonds is 7. The van der Waals surface area contributed by atoms with Gasteiger partial charge in [-0.05, 0) is 44.5 Å². The first-order chi connectivity index (χ1) is 8.17. The molecule has 17 heavy (non-hydrogen) atoms. The van der Waals surface area contributed by atoms with Gasteiger partial charge in [-0.1, -0.05) is 0 Å². The lowest BCUT2D eigenvalue weighted by Crippen LogP contribution is -2.25. The van der Waals surface area contributed by atoms with Crippen LogP contribution < -0.4 is 4.74 Å². The fourth-order valence-corrected chi connectivity index (χ4v) is 1.39. The third-order valence-corrected chi connectivity index (χ3v) is 2.22. The zero-order chi connectivity index (χ0) is 12.7. The van der Waals surface area contributed by atoms with Crippen LogP contribution in [0.5, 0.6) is 5.75 Å². The molecule has 0 saturated carbocycles. The van der Waals surface area contributed by atoms with E-state index < -0.39 is 0 Å². The maximum Gasteiger partial charge on any atom is 0.191 e. The monoisotopic (exact) mass is 242 g/mol. The largest absolute Gasteiger partial charge is 0.488 e. The van der Waals surface area contributed by atoms with Gasteiger partial charge >= 0.3 is 0 Å². The minimum atomic E-state index is -0.379. The van der Waals surface area contributed by atoms with Gasteiger partial charge in [-0.25, -0.2) is 4.39 Å². The highest BCUT2D eigenvalue weighted by Crippen LogP contribution is 2.16. The number of hydrogen-bond donors (Lipinski definition) is 0. The van der Waals surface area contributed by atoms with E-state index in [1.165, 1.54) is 6.07 Å². The first-order valence-corrected chi connectivity index (χ1v) is 5.79. The van der Waals surface area contributed by atoms with E-state index in [2.05, 4.69) is 0 Å². The molecule has 0 N–H and O–H groups in total. The molecule has 0 aliphatic carbocycles. The van der Waals surface area contributed by atoms with Gasteiger partial charge in [0, 0.05) is 13.2 Å². The van der Waals surface area contributed by atoms with E-state index in [1.807, 2.05) is 13.8 Å². The van der Waals surface area contributed by atoms with Crippen molar-refractivity contribution in [3.05, 3.63) is 29.6 Å². The molecule has 0 unspecified atom stereocenters. The van der Waals surface area contributed by atoms with Crippen LogP contribution in [0.1, 0.15) is 19.4 Å². The molecule has 0 aliphatic rings. The summed E-state index contributed by atoms with van der Waals surface area (Å²) >= 11 is 0. The van der Waals surface area contributed by atoms with Gasteiger partial charge in [-0.2, -0.15) is 0 Å². The van der Waals surface area contributed by atoms with Crippen LogP contribution in [-0.4, -0.2) is 26.1 Å². The second-order valence-electron chi connectivity index (χ2n) is 3.56. The van der Waals surface area contributed by atoms with Gasteiger partial charge in [0.15, 0.2) is 6.29 Å².